The van der Waals surface area contributed by atoms with Crippen LogP contribution in [0.5, 0.6) is 5.75 Å². The Balaban J connectivity index is 1.78. The van der Waals surface area contributed by atoms with Crippen LogP contribution < -0.4 is 4.74 Å². The van der Waals surface area contributed by atoms with Gasteiger partial charge in [0.1, 0.15) is 5.75 Å². The molecule has 0 bridgehead atoms. The fourth-order valence-electron chi connectivity index (χ4n) is 3.49. The van der Waals surface area contributed by atoms with E-state index >= 15 is 0 Å². The van der Waals surface area contributed by atoms with Crippen molar-refractivity contribution in [3.63, 3.8) is 0 Å². The van der Waals surface area contributed by atoms with Crippen LogP contribution in [0.3, 0.4) is 0 Å². The van der Waals surface area contributed by atoms with Crippen LogP contribution >= 0.6 is 0 Å². The van der Waals surface area contributed by atoms with Crippen molar-refractivity contribution in [3.8, 4) is 5.75 Å². The lowest BCUT2D eigenvalue weighted by Crippen LogP contribution is -2.30. The summed E-state index contributed by atoms with van der Waals surface area (Å²) < 4.78 is 5.62. The van der Waals surface area contributed by atoms with E-state index in [2.05, 4.69) is 54.4 Å². The summed E-state index contributed by atoms with van der Waals surface area (Å²) >= 11 is 0. The summed E-state index contributed by atoms with van der Waals surface area (Å²) in [4.78, 5) is 2.41. The van der Waals surface area contributed by atoms with E-state index in [1.54, 1.807) is 0 Å². The molecule has 4 rings (SSSR count). The molecule has 2 aliphatic rings. The molecule has 0 spiro atoms. The van der Waals surface area contributed by atoms with Gasteiger partial charge in [-0.2, -0.15) is 0 Å². The Kier molecular flexibility index (Phi) is 2.78. The molecular weight excluding hydrogens is 246 g/mol. The van der Waals surface area contributed by atoms with Crippen molar-refractivity contribution in [2.75, 3.05) is 20.2 Å². The standard InChI is InChI=1S/C18H19NO/c1-19-11-15-4-2-3-5-16(15)17(12-19)13-6-7-18-14(10-13)8-9-20-18/h2-7,10,17H,8-9,11-12H2,1H3. The minimum atomic E-state index is 0.482. The van der Waals surface area contributed by atoms with E-state index in [1.807, 2.05) is 0 Å². The molecule has 2 heterocycles. The molecule has 0 aliphatic carbocycles. The van der Waals surface area contributed by atoms with E-state index in [-0.39, 0.29) is 0 Å². The van der Waals surface area contributed by atoms with E-state index < -0.39 is 0 Å². The van der Waals surface area contributed by atoms with Gasteiger partial charge in [-0.05, 0) is 35.4 Å². The minimum absolute atomic E-state index is 0.482. The van der Waals surface area contributed by atoms with Crippen LogP contribution in [-0.2, 0) is 13.0 Å². The number of rotatable bonds is 1. The van der Waals surface area contributed by atoms with E-state index in [0.717, 1.165) is 31.9 Å². The topological polar surface area (TPSA) is 12.5 Å². The number of nitrogens with zero attached hydrogens (tertiary/aromatic N) is 1. The lowest BCUT2D eigenvalue weighted by atomic mass is 9.84. The van der Waals surface area contributed by atoms with Crippen molar-refractivity contribution in [2.24, 2.45) is 0 Å². The van der Waals surface area contributed by atoms with Gasteiger partial charge in [-0.25, -0.2) is 0 Å². The highest BCUT2D eigenvalue weighted by atomic mass is 16.5. The predicted octanol–water partition coefficient (Wildman–Crippen LogP) is 3.20. The molecule has 0 amide bonds. The van der Waals surface area contributed by atoms with Gasteiger partial charge in [-0.15, -0.1) is 0 Å². The summed E-state index contributed by atoms with van der Waals surface area (Å²) in [6, 6.07) is 15.6. The fourth-order valence-corrected chi connectivity index (χ4v) is 3.49. The number of likely N-dealkylation sites (N-methyl/N-ethyl adjacent to an activating group) is 1. The van der Waals surface area contributed by atoms with Crippen molar-refractivity contribution < 1.29 is 4.74 Å². The second-order valence-corrected chi connectivity index (χ2v) is 5.91. The molecular formula is C18H19NO. The Morgan fingerprint density at radius 3 is 2.95 bits per heavy atom. The van der Waals surface area contributed by atoms with Crippen LogP contribution in [0.15, 0.2) is 42.5 Å². The Hall–Kier alpha value is -1.80. The van der Waals surface area contributed by atoms with E-state index in [0.29, 0.717) is 5.92 Å². The quantitative estimate of drug-likeness (QED) is 0.785. The number of benzene rings is 2. The zero-order valence-electron chi connectivity index (χ0n) is 11.8. The van der Waals surface area contributed by atoms with Gasteiger partial charge in [0.15, 0.2) is 0 Å². The third-order valence-electron chi connectivity index (χ3n) is 4.48. The van der Waals surface area contributed by atoms with Crippen molar-refractivity contribution in [3.05, 3.63) is 64.7 Å². The lowest BCUT2D eigenvalue weighted by molar-refractivity contribution is 0.295. The van der Waals surface area contributed by atoms with Crippen LogP contribution in [0, 0.1) is 0 Å². The third-order valence-corrected chi connectivity index (χ3v) is 4.48. The van der Waals surface area contributed by atoms with Gasteiger partial charge in [0, 0.05) is 25.4 Å². The fraction of sp³-hybridized carbons (Fsp3) is 0.333. The first-order valence-corrected chi connectivity index (χ1v) is 7.33. The Morgan fingerprint density at radius 1 is 1.10 bits per heavy atom. The van der Waals surface area contributed by atoms with Crippen LogP contribution in [0.1, 0.15) is 28.2 Å². The van der Waals surface area contributed by atoms with Crippen LogP contribution in [0.25, 0.3) is 0 Å². The lowest BCUT2D eigenvalue weighted by Gasteiger charge is -2.32. The summed E-state index contributed by atoms with van der Waals surface area (Å²) in [6.07, 6.45) is 1.05. The molecule has 1 unspecified atom stereocenters. The second kappa shape index (κ2) is 4.64. The summed E-state index contributed by atoms with van der Waals surface area (Å²) in [7, 11) is 2.21. The monoisotopic (exact) mass is 265 g/mol. The number of fused-ring (bicyclic) bond motifs is 2. The molecule has 2 aliphatic heterocycles. The smallest absolute Gasteiger partial charge is 0.122 e. The predicted molar refractivity (Wildman–Crippen MR) is 80.3 cm³/mol. The second-order valence-electron chi connectivity index (χ2n) is 5.91. The molecule has 0 radical (unpaired) electrons. The van der Waals surface area contributed by atoms with Crippen LogP contribution in [0.4, 0.5) is 0 Å². The molecule has 2 heteroatoms. The van der Waals surface area contributed by atoms with Crippen molar-refractivity contribution in [1.29, 1.82) is 0 Å². The molecule has 0 aromatic heterocycles. The maximum absolute atomic E-state index is 5.62. The first-order chi connectivity index (χ1) is 9.81. The molecule has 2 nitrogen and oxygen atoms in total. The molecule has 20 heavy (non-hydrogen) atoms. The van der Waals surface area contributed by atoms with Crippen molar-refractivity contribution in [2.45, 2.75) is 18.9 Å². The number of hydrogen-bond donors (Lipinski definition) is 0. The highest BCUT2D eigenvalue weighted by Crippen LogP contribution is 2.35. The van der Waals surface area contributed by atoms with Gasteiger partial charge < -0.3 is 9.64 Å². The first-order valence-electron chi connectivity index (χ1n) is 7.33. The van der Waals surface area contributed by atoms with Crippen molar-refractivity contribution in [1.82, 2.24) is 4.90 Å². The van der Waals surface area contributed by atoms with E-state index in [1.165, 1.54) is 22.3 Å². The Morgan fingerprint density at radius 2 is 2.00 bits per heavy atom. The van der Waals surface area contributed by atoms with E-state index in [4.69, 9.17) is 4.74 Å². The molecule has 2 aromatic rings. The van der Waals surface area contributed by atoms with Gasteiger partial charge in [0.25, 0.3) is 0 Å². The zero-order valence-corrected chi connectivity index (χ0v) is 11.8. The van der Waals surface area contributed by atoms with Crippen LogP contribution in [0.2, 0.25) is 0 Å². The normalized spacial score (nSPS) is 21.1. The van der Waals surface area contributed by atoms with Gasteiger partial charge in [-0.3, -0.25) is 0 Å². The maximum atomic E-state index is 5.62. The molecule has 0 fully saturated rings. The Bertz CT molecular complexity index is 650. The first kappa shape index (κ1) is 12.0. The highest BCUT2D eigenvalue weighted by Gasteiger charge is 2.25. The molecule has 0 saturated heterocycles. The van der Waals surface area contributed by atoms with Crippen molar-refractivity contribution >= 4 is 0 Å². The molecule has 0 N–H and O–H groups in total. The number of ether oxygens (including phenoxy) is 1. The Labute approximate surface area is 120 Å². The summed E-state index contributed by atoms with van der Waals surface area (Å²) in [5, 5.41) is 0. The molecule has 102 valence electrons. The zero-order chi connectivity index (χ0) is 13.5. The summed E-state index contributed by atoms with van der Waals surface area (Å²) in [5.41, 5.74) is 5.74. The van der Waals surface area contributed by atoms with Gasteiger partial charge >= 0.3 is 0 Å². The van der Waals surface area contributed by atoms with Gasteiger partial charge in [0.2, 0.25) is 0 Å². The van der Waals surface area contributed by atoms with Gasteiger partial charge in [-0.1, -0.05) is 36.4 Å². The largest absolute Gasteiger partial charge is 0.493 e. The minimum Gasteiger partial charge on any atom is -0.493 e. The molecule has 2 aromatic carbocycles. The maximum Gasteiger partial charge on any atom is 0.122 e. The van der Waals surface area contributed by atoms with Gasteiger partial charge in [0.05, 0.1) is 6.61 Å². The highest BCUT2D eigenvalue weighted by molar-refractivity contribution is 5.46. The average Bonchev–Trinajstić information content (AvgIpc) is 2.93. The summed E-state index contributed by atoms with van der Waals surface area (Å²) in [5.74, 6) is 1.56. The summed E-state index contributed by atoms with van der Waals surface area (Å²) in [6.45, 7) is 2.98. The van der Waals surface area contributed by atoms with Crippen LogP contribution in [-0.4, -0.2) is 25.1 Å². The van der Waals surface area contributed by atoms with E-state index in [9.17, 15) is 0 Å². The average molecular weight is 265 g/mol. The molecule has 0 saturated carbocycles. The molecule has 1 atom stereocenters. The number of hydrogen-bond acceptors (Lipinski definition) is 2. The SMILES string of the molecule is CN1Cc2ccccc2C(c2ccc3c(c2)CCO3)C1. The third kappa shape index (κ3) is 1.92.